The molecule has 0 aromatic heterocycles. The maximum Gasteiger partial charge on any atom is 0.245 e. The van der Waals surface area contributed by atoms with E-state index in [0.29, 0.717) is 26.3 Å². The molecular weight excluding hydrogens is 444 g/mol. The van der Waals surface area contributed by atoms with Crippen molar-refractivity contribution in [1.82, 2.24) is 9.80 Å². The zero-order valence-electron chi connectivity index (χ0n) is 13.4. The standard InChI is InChI=1S/C16H20Br2N2O4/c1-7(14(21)19-2-4-24-5-3-19)20-15(22)10-8-6-9(11(10)16(20)23)13(18)12(8)17/h7-13H,2-6H2,1H3/t7-,8+,9+,10+,11+,12-,13+/m1/s1. The number of likely N-dealkylation sites (tertiary alicyclic amines) is 1. The zero-order chi connectivity index (χ0) is 17.2. The molecule has 132 valence electrons. The summed E-state index contributed by atoms with van der Waals surface area (Å²) in [5.74, 6) is -0.640. The van der Waals surface area contributed by atoms with Gasteiger partial charge in [0.15, 0.2) is 0 Å². The number of carbonyl (C=O) groups excluding carboxylic acids is 3. The van der Waals surface area contributed by atoms with Crippen LogP contribution in [0.3, 0.4) is 0 Å². The van der Waals surface area contributed by atoms with Gasteiger partial charge in [-0.1, -0.05) is 31.9 Å². The maximum atomic E-state index is 12.9. The predicted octanol–water partition coefficient (Wildman–Crippen LogP) is 1.01. The van der Waals surface area contributed by atoms with Gasteiger partial charge in [-0.25, -0.2) is 0 Å². The molecule has 6 nitrogen and oxygen atoms in total. The molecule has 0 spiro atoms. The van der Waals surface area contributed by atoms with E-state index < -0.39 is 6.04 Å². The van der Waals surface area contributed by atoms with Crippen molar-refractivity contribution in [2.24, 2.45) is 23.7 Å². The van der Waals surface area contributed by atoms with Gasteiger partial charge in [0.25, 0.3) is 0 Å². The summed E-state index contributed by atoms with van der Waals surface area (Å²) >= 11 is 7.35. The van der Waals surface area contributed by atoms with Crippen LogP contribution < -0.4 is 0 Å². The average Bonchev–Trinajstić information content (AvgIpc) is 3.19. The molecule has 2 aliphatic carbocycles. The highest BCUT2D eigenvalue weighted by atomic mass is 79.9. The highest BCUT2D eigenvalue weighted by Crippen LogP contribution is 2.60. The SMILES string of the molecule is C[C@H](C(=O)N1CCOCC1)N1C(=O)[C@H]2[C@@H]3C[C@H]([C@@H](Br)[C@H]3Br)[C@@H]2C1=O. The Morgan fingerprint density at radius 3 is 2.08 bits per heavy atom. The Kier molecular flexibility index (Phi) is 4.28. The van der Waals surface area contributed by atoms with E-state index >= 15 is 0 Å². The Morgan fingerprint density at radius 1 is 1.08 bits per heavy atom. The topological polar surface area (TPSA) is 66.9 Å². The average molecular weight is 464 g/mol. The molecule has 4 fully saturated rings. The van der Waals surface area contributed by atoms with E-state index in [2.05, 4.69) is 31.9 Å². The number of nitrogens with zero attached hydrogens (tertiary/aromatic N) is 2. The normalized spacial score (nSPS) is 42.6. The number of hydrogen-bond donors (Lipinski definition) is 0. The minimum absolute atomic E-state index is 0.155. The monoisotopic (exact) mass is 462 g/mol. The van der Waals surface area contributed by atoms with Gasteiger partial charge in [-0.2, -0.15) is 0 Å². The molecular formula is C16H20Br2N2O4. The number of carbonyl (C=O) groups is 3. The van der Waals surface area contributed by atoms with E-state index in [1.54, 1.807) is 11.8 Å². The van der Waals surface area contributed by atoms with Crippen molar-refractivity contribution in [2.45, 2.75) is 29.0 Å². The highest BCUT2D eigenvalue weighted by Gasteiger charge is 2.67. The van der Waals surface area contributed by atoms with Crippen LogP contribution >= 0.6 is 31.9 Å². The Labute approximate surface area is 157 Å². The first kappa shape index (κ1) is 17.0. The number of halogens is 2. The minimum atomic E-state index is -0.726. The zero-order valence-corrected chi connectivity index (χ0v) is 16.5. The second-order valence-electron chi connectivity index (χ2n) is 7.16. The summed E-state index contributed by atoms with van der Waals surface area (Å²) in [6.07, 6.45) is 0.901. The van der Waals surface area contributed by atoms with E-state index in [1.165, 1.54) is 4.90 Å². The van der Waals surface area contributed by atoms with Crippen LogP contribution in [0.5, 0.6) is 0 Å². The van der Waals surface area contributed by atoms with Crippen molar-refractivity contribution in [1.29, 1.82) is 0 Å². The van der Waals surface area contributed by atoms with E-state index in [9.17, 15) is 14.4 Å². The second-order valence-corrected chi connectivity index (χ2v) is 9.28. The molecule has 8 heteroatoms. The number of hydrogen-bond acceptors (Lipinski definition) is 4. The Balaban J connectivity index is 1.56. The fourth-order valence-electron chi connectivity index (χ4n) is 4.91. The number of rotatable bonds is 2. The van der Waals surface area contributed by atoms with Crippen LogP contribution in [0.2, 0.25) is 0 Å². The minimum Gasteiger partial charge on any atom is -0.378 e. The van der Waals surface area contributed by atoms with Crippen LogP contribution in [0.4, 0.5) is 0 Å². The summed E-state index contributed by atoms with van der Waals surface area (Å²) in [5, 5.41) is 0. The third-order valence-corrected chi connectivity index (χ3v) is 9.30. The lowest BCUT2D eigenvalue weighted by atomic mass is 9.81. The van der Waals surface area contributed by atoms with E-state index in [1.807, 2.05) is 0 Å². The van der Waals surface area contributed by atoms with Gasteiger partial charge >= 0.3 is 0 Å². The Morgan fingerprint density at radius 2 is 1.58 bits per heavy atom. The molecule has 3 amide bonds. The van der Waals surface area contributed by atoms with Gasteiger partial charge in [-0.15, -0.1) is 0 Å². The van der Waals surface area contributed by atoms with Gasteiger partial charge < -0.3 is 9.64 Å². The molecule has 24 heavy (non-hydrogen) atoms. The molecule has 2 bridgehead atoms. The molecule has 0 aromatic rings. The molecule has 0 radical (unpaired) electrons. The largest absolute Gasteiger partial charge is 0.378 e. The lowest BCUT2D eigenvalue weighted by Gasteiger charge is -2.32. The lowest BCUT2D eigenvalue weighted by Crippen LogP contribution is -2.52. The molecule has 2 saturated heterocycles. The Hall–Kier alpha value is -0.470. The molecule has 0 aromatic carbocycles. The van der Waals surface area contributed by atoms with Crippen molar-refractivity contribution in [3.63, 3.8) is 0 Å². The number of imide groups is 1. The number of amides is 3. The molecule has 4 aliphatic rings. The van der Waals surface area contributed by atoms with E-state index in [-0.39, 0.29) is 51.0 Å². The first-order valence-corrected chi connectivity index (χ1v) is 10.3. The van der Waals surface area contributed by atoms with Crippen LogP contribution in [0, 0.1) is 23.7 Å². The molecule has 2 saturated carbocycles. The maximum absolute atomic E-state index is 12.9. The van der Waals surface area contributed by atoms with Crippen LogP contribution in [0.15, 0.2) is 0 Å². The number of alkyl halides is 2. The van der Waals surface area contributed by atoms with E-state index in [0.717, 1.165) is 6.42 Å². The summed E-state index contributed by atoms with van der Waals surface area (Å²) in [6.45, 7) is 3.72. The van der Waals surface area contributed by atoms with Gasteiger partial charge in [0.1, 0.15) is 6.04 Å². The van der Waals surface area contributed by atoms with Crippen molar-refractivity contribution in [2.75, 3.05) is 26.3 Å². The number of fused-ring (bicyclic) bond motifs is 5. The van der Waals surface area contributed by atoms with Crippen molar-refractivity contribution < 1.29 is 19.1 Å². The van der Waals surface area contributed by atoms with E-state index in [4.69, 9.17) is 4.74 Å². The summed E-state index contributed by atoms with van der Waals surface area (Å²) in [7, 11) is 0. The van der Waals surface area contributed by atoms with Gasteiger partial charge in [0.2, 0.25) is 17.7 Å². The quantitative estimate of drug-likeness (QED) is 0.452. The fourth-order valence-corrected chi connectivity index (χ4v) is 6.79. The first-order chi connectivity index (χ1) is 11.4. The molecule has 2 heterocycles. The molecule has 7 atom stereocenters. The van der Waals surface area contributed by atoms with Crippen molar-refractivity contribution in [3.8, 4) is 0 Å². The third-order valence-electron chi connectivity index (χ3n) is 6.09. The van der Waals surface area contributed by atoms with Crippen LogP contribution in [-0.2, 0) is 19.1 Å². The summed E-state index contributed by atoms with van der Waals surface area (Å²) < 4.78 is 5.27. The molecule has 0 N–H and O–H groups in total. The second kappa shape index (κ2) is 6.06. The van der Waals surface area contributed by atoms with Gasteiger partial charge in [0.05, 0.1) is 25.0 Å². The molecule has 4 rings (SSSR count). The number of ether oxygens (including phenoxy) is 1. The van der Waals surface area contributed by atoms with Crippen molar-refractivity contribution >= 4 is 49.6 Å². The lowest BCUT2D eigenvalue weighted by molar-refractivity contribution is -0.153. The van der Waals surface area contributed by atoms with Crippen LogP contribution in [0.1, 0.15) is 13.3 Å². The van der Waals surface area contributed by atoms with Crippen LogP contribution in [0.25, 0.3) is 0 Å². The summed E-state index contributed by atoms with van der Waals surface area (Å²) in [5.41, 5.74) is 0. The predicted molar refractivity (Wildman–Crippen MR) is 92.7 cm³/mol. The first-order valence-electron chi connectivity index (χ1n) is 8.45. The number of morpholine rings is 1. The summed E-state index contributed by atoms with van der Waals surface area (Å²) in [4.78, 5) is 42.0. The fraction of sp³-hybridized carbons (Fsp3) is 0.812. The third kappa shape index (κ3) is 2.25. The van der Waals surface area contributed by atoms with Crippen LogP contribution in [-0.4, -0.2) is 69.5 Å². The highest BCUT2D eigenvalue weighted by molar-refractivity contribution is 9.12. The summed E-state index contributed by atoms with van der Waals surface area (Å²) in [6, 6.07) is -0.726. The smallest absolute Gasteiger partial charge is 0.245 e. The van der Waals surface area contributed by atoms with Gasteiger partial charge in [-0.05, 0) is 25.2 Å². The van der Waals surface area contributed by atoms with Crippen molar-refractivity contribution in [3.05, 3.63) is 0 Å². The molecule has 0 unspecified atom stereocenters. The molecule has 2 aliphatic heterocycles. The Bertz CT molecular complexity index is 563. The van der Waals surface area contributed by atoms with Gasteiger partial charge in [-0.3, -0.25) is 19.3 Å². The van der Waals surface area contributed by atoms with Gasteiger partial charge in [0, 0.05) is 22.7 Å².